The number of esters is 2. The highest BCUT2D eigenvalue weighted by Gasteiger charge is 2.19. The van der Waals surface area contributed by atoms with Crippen LogP contribution < -0.4 is 10.1 Å². The van der Waals surface area contributed by atoms with Crippen molar-refractivity contribution in [1.82, 2.24) is 0 Å². The maximum atomic E-state index is 11.4. The standard InChI is InChI=1S/C14H17NO5/c1-4-20-11-7-5-10(6-8-11)15-9-12(13(16)18-2)14(17)19-3/h5-9,15H,4H2,1-3H3. The molecule has 6 nitrogen and oxygen atoms in total. The Morgan fingerprint density at radius 1 is 1.10 bits per heavy atom. The van der Waals surface area contributed by atoms with E-state index >= 15 is 0 Å². The first-order valence-corrected chi connectivity index (χ1v) is 5.98. The van der Waals surface area contributed by atoms with E-state index in [1.54, 1.807) is 24.3 Å². The molecule has 0 aliphatic heterocycles. The smallest absolute Gasteiger partial charge is 0.346 e. The van der Waals surface area contributed by atoms with Crippen molar-refractivity contribution < 1.29 is 23.8 Å². The van der Waals surface area contributed by atoms with Gasteiger partial charge in [0.25, 0.3) is 0 Å². The third-order valence-electron chi connectivity index (χ3n) is 2.36. The van der Waals surface area contributed by atoms with Crippen LogP contribution >= 0.6 is 0 Å². The molecule has 0 saturated carbocycles. The second-order valence-corrected chi connectivity index (χ2v) is 3.64. The van der Waals surface area contributed by atoms with Crippen LogP contribution in [0.2, 0.25) is 0 Å². The van der Waals surface area contributed by atoms with Crippen molar-refractivity contribution in [2.24, 2.45) is 0 Å². The average Bonchev–Trinajstić information content (AvgIpc) is 2.48. The summed E-state index contributed by atoms with van der Waals surface area (Å²) in [6, 6.07) is 7.06. The number of ether oxygens (including phenoxy) is 3. The van der Waals surface area contributed by atoms with Crippen LogP contribution in [0.15, 0.2) is 36.0 Å². The lowest BCUT2D eigenvalue weighted by molar-refractivity contribution is -0.144. The first-order valence-electron chi connectivity index (χ1n) is 5.98. The molecule has 0 aromatic heterocycles. The summed E-state index contributed by atoms with van der Waals surface area (Å²) in [5.41, 5.74) is 0.475. The van der Waals surface area contributed by atoms with Crippen LogP contribution in [0.25, 0.3) is 0 Å². The average molecular weight is 279 g/mol. The second-order valence-electron chi connectivity index (χ2n) is 3.64. The highest BCUT2D eigenvalue weighted by molar-refractivity contribution is 6.14. The topological polar surface area (TPSA) is 73.9 Å². The Labute approximate surface area is 117 Å². The lowest BCUT2D eigenvalue weighted by atomic mass is 10.2. The van der Waals surface area contributed by atoms with Gasteiger partial charge >= 0.3 is 11.9 Å². The highest BCUT2D eigenvalue weighted by atomic mass is 16.5. The lowest BCUT2D eigenvalue weighted by Gasteiger charge is -2.06. The molecule has 0 spiro atoms. The first-order chi connectivity index (χ1) is 9.62. The summed E-state index contributed by atoms with van der Waals surface area (Å²) in [5, 5.41) is 2.83. The molecule has 0 bridgehead atoms. The van der Waals surface area contributed by atoms with Gasteiger partial charge in [-0.3, -0.25) is 0 Å². The fourth-order valence-corrected chi connectivity index (χ4v) is 1.39. The molecular formula is C14H17NO5. The van der Waals surface area contributed by atoms with Gasteiger partial charge in [-0.2, -0.15) is 0 Å². The number of hydrogen-bond donors (Lipinski definition) is 1. The molecule has 0 radical (unpaired) electrons. The minimum atomic E-state index is -0.768. The Hall–Kier alpha value is -2.50. The van der Waals surface area contributed by atoms with Gasteiger partial charge in [0.15, 0.2) is 5.57 Å². The normalized spacial score (nSPS) is 9.35. The van der Waals surface area contributed by atoms with E-state index in [1.165, 1.54) is 20.4 Å². The first kappa shape index (κ1) is 15.6. The molecule has 0 heterocycles. The number of methoxy groups -OCH3 is 2. The molecule has 0 fully saturated rings. The van der Waals surface area contributed by atoms with E-state index in [1.807, 2.05) is 6.92 Å². The fraction of sp³-hybridized carbons (Fsp3) is 0.286. The van der Waals surface area contributed by atoms with E-state index in [0.717, 1.165) is 5.75 Å². The van der Waals surface area contributed by atoms with Crippen LogP contribution in [-0.2, 0) is 19.1 Å². The lowest BCUT2D eigenvalue weighted by Crippen LogP contribution is -2.17. The van der Waals surface area contributed by atoms with Crippen LogP contribution in [0.3, 0.4) is 0 Å². The molecule has 1 aromatic rings. The predicted molar refractivity (Wildman–Crippen MR) is 73.3 cm³/mol. The number of nitrogens with one attached hydrogen (secondary N) is 1. The number of carbonyl (C=O) groups is 2. The number of anilines is 1. The summed E-state index contributed by atoms with van der Waals surface area (Å²) in [6.45, 7) is 2.48. The van der Waals surface area contributed by atoms with Crippen molar-refractivity contribution in [3.05, 3.63) is 36.0 Å². The Bertz CT molecular complexity index is 475. The van der Waals surface area contributed by atoms with Gasteiger partial charge in [0.05, 0.1) is 20.8 Å². The van der Waals surface area contributed by atoms with Gasteiger partial charge in [0.1, 0.15) is 5.75 Å². The van der Waals surface area contributed by atoms with Gasteiger partial charge in [-0.05, 0) is 31.2 Å². The van der Waals surface area contributed by atoms with Gasteiger partial charge in [-0.25, -0.2) is 9.59 Å². The van der Waals surface area contributed by atoms with Crippen LogP contribution in [0.1, 0.15) is 6.92 Å². The third-order valence-corrected chi connectivity index (χ3v) is 2.36. The zero-order valence-electron chi connectivity index (χ0n) is 11.6. The number of rotatable bonds is 6. The summed E-state index contributed by atoms with van der Waals surface area (Å²) in [7, 11) is 2.38. The second kappa shape index (κ2) is 7.83. The van der Waals surface area contributed by atoms with Gasteiger partial charge in [0, 0.05) is 11.9 Å². The van der Waals surface area contributed by atoms with E-state index < -0.39 is 11.9 Å². The maximum absolute atomic E-state index is 11.4. The number of hydrogen-bond acceptors (Lipinski definition) is 6. The molecule has 0 aliphatic carbocycles. The van der Waals surface area contributed by atoms with E-state index in [0.29, 0.717) is 12.3 Å². The van der Waals surface area contributed by atoms with Gasteiger partial charge in [0.2, 0.25) is 0 Å². The number of benzene rings is 1. The van der Waals surface area contributed by atoms with Crippen molar-refractivity contribution in [1.29, 1.82) is 0 Å². The van der Waals surface area contributed by atoms with Crippen LogP contribution in [-0.4, -0.2) is 32.8 Å². The molecule has 1 N–H and O–H groups in total. The molecule has 20 heavy (non-hydrogen) atoms. The molecule has 0 unspecified atom stereocenters. The Balaban J connectivity index is 2.81. The van der Waals surface area contributed by atoms with Gasteiger partial charge in [-0.15, -0.1) is 0 Å². The molecule has 6 heteroatoms. The van der Waals surface area contributed by atoms with Crippen LogP contribution in [0, 0.1) is 0 Å². The quantitative estimate of drug-likeness (QED) is 0.370. The Kier molecular flexibility index (Phi) is 6.09. The largest absolute Gasteiger partial charge is 0.494 e. The van der Waals surface area contributed by atoms with E-state index in [2.05, 4.69) is 14.8 Å². The molecule has 0 saturated heterocycles. The van der Waals surface area contributed by atoms with Crippen LogP contribution in [0.4, 0.5) is 5.69 Å². The molecule has 1 rings (SSSR count). The van der Waals surface area contributed by atoms with Crippen molar-refractivity contribution in [2.45, 2.75) is 6.92 Å². The van der Waals surface area contributed by atoms with Gasteiger partial charge in [-0.1, -0.05) is 0 Å². The Morgan fingerprint density at radius 2 is 1.65 bits per heavy atom. The Morgan fingerprint density at radius 3 is 2.10 bits per heavy atom. The summed E-state index contributed by atoms with van der Waals surface area (Å²) in [4.78, 5) is 22.8. The highest BCUT2D eigenvalue weighted by Crippen LogP contribution is 2.16. The van der Waals surface area contributed by atoms with Gasteiger partial charge < -0.3 is 19.5 Å². The number of carbonyl (C=O) groups excluding carboxylic acids is 2. The summed E-state index contributed by atoms with van der Waals surface area (Å²) >= 11 is 0. The third kappa shape index (κ3) is 4.31. The molecule has 0 aliphatic rings. The van der Waals surface area contributed by atoms with Crippen molar-refractivity contribution >= 4 is 17.6 Å². The molecule has 108 valence electrons. The van der Waals surface area contributed by atoms with Crippen molar-refractivity contribution in [2.75, 3.05) is 26.1 Å². The zero-order valence-corrected chi connectivity index (χ0v) is 11.6. The van der Waals surface area contributed by atoms with E-state index in [4.69, 9.17) is 4.74 Å². The van der Waals surface area contributed by atoms with E-state index in [9.17, 15) is 9.59 Å². The molecular weight excluding hydrogens is 262 g/mol. The van der Waals surface area contributed by atoms with Crippen molar-refractivity contribution in [3.8, 4) is 5.75 Å². The SMILES string of the molecule is CCOc1ccc(NC=C(C(=O)OC)C(=O)OC)cc1. The minimum Gasteiger partial charge on any atom is -0.494 e. The summed E-state index contributed by atoms with van der Waals surface area (Å²) in [5.74, 6) is -0.797. The summed E-state index contributed by atoms with van der Waals surface area (Å²) in [6.07, 6.45) is 1.24. The molecule has 0 atom stereocenters. The fourth-order valence-electron chi connectivity index (χ4n) is 1.39. The van der Waals surface area contributed by atoms with Crippen molar-refractivity contribution in [3.63, 3.8) is 0 Å². The molecule has 1 aromatic carbocycles. The van der Waals surface area contributed by atoms with Crippen LogP contribution in [0.5, 0.6) is 5.75 Å². The maximum Gasteiger partial charge on any atom is 0.346 e. The zero-order chi connectivity index (χ0) is 15.0. The minimum absolute atomic E-state index is 0.219. The summed E-state index contributed by atoms with van der Waals surface area (Å²) < 4.78 is 14.3. The monoisotopic (exact) mass is 279 g/mol. The predicted octanol–water partition coefficient (Wildman–Crippen LogP) is 1.73. The molecule has 0 amide bonds. The van der Waals surface area contributed by atoms with E-state index in [-0.39, 0.29) is 5.57 Å².